The molecule has 36 heavy (non-hydrogen) atoms. The highest BCUT2D eigenvalue weighted by atomic mass is 19.1. The number of carbonyl (C=O) groups is 1. The largest absolute Gasteiger partial charge is 0.491 e. The molecule has 0 spiro atoms. The third-order valence-corrected chi connectivity index (χ3v) is 6.47. The lowest BCUT2D eigenvalue weighted by molar-refractivity contribution is -0.0545. The number of halogens is 1. The van der Waals surface area contributed by atoms with E-state index in [4.69, 9.17) is 14.2 Å². The molecular weight excluding hydrogens is 465 g/mol. The molecule has 0 aliphatic carbocycles. The summed E-state index contributed by atoms with van der Waals surface area (Å²) < 4.78 is 30.1. The topological polar surface area (TPSA) is 74.7 Å². The number of hydrogen-bond acceptors (Lipinski definition) is 7. The van der Waals surface area contributed by atoms with Crippen molar-refractivity contribution in [3.63, 3.8) is 0 Å². The zero-order valence-corrected chi connectivity index (χ0v) is 20.6. The van der Waals surface area contributed by atoms with Gasteiger partial charge < -0.3 is 24.2 Å². The van der Waals surface area contributed by atoms with Gasteiger partial charge in [0.15, 0.2) is 0 Å². The summed E-state index contributed by atoms with van der Waals surface area (Å²) in [6.07, 6.45) is -0.849. The van der Waals surface area contributed by atoms with E-state index in [2.05, 4.69) is 9.80 Å². The molecule has 2 heterocycles. The molecule has 0 radical (unpaired) electrons. The molecule has 2 aromatic carbocycles. The Morgan fingerprint density at radius 2 is 1.78 bits per heavy atom. The molecule has 9 heteroatoms. The summed E-state index contributed by atoms with van der Waals surface area (Å²) in [5.41, 5.74) is 0.667. The first kappa shape index (κ1) is 26.5. The number of benzene rings is 2. The van der Waals surface area contributed by atoms with E-state index in [1.807, 2.05) is 35.2 Å². The van der Waals surface area contributed by atoms with Crippen molar-refractivity contribution in [1.29, 1.82) is 0 Å². The predicted molar refractivity (Wildman–Crippen MR) is 134 cm³/mol. The van der Waals surface area contributed by atoms with Crippen LogP contribution in [0, 0.1) is 5.82 Å². The summed E-state index contributed by atoms with van der Waals surface area (Å²) in [6, 6.07) is 15.1. The Kier molecular flexibility index (Phi) is 10.1. The van der Waals surface area contributed by atoms with Crippen LogP contribution >= 0.6 is 0 Å². The van der Waals surface area contributed by atoms with Gasteiger partial charge in [-0.05, 0) is 36.4 Å². The van der Waals surface area contributed by atoms with E-state index in [1.54, 1.807) is 12.1 Å². The second-order valence-electron chi connectivity index (χ2n) is 9.24. The van der Waals surface area contributed by atoms with Crippen LogP contribution in [-0.4, -0.2) is 117 Å². The molecule has 196 valence electrons. The normalized spacial score (nSPS) is 20.1. The van der Waals surface area contributed by atoms with Crippen molar-refractivity contribution < 1.29 is 28.5 Å². The van der Waals surface area contributed by atoms with E-state index in [-0.39, 0.29) is 24.4 Å². The van der Waals surface area contributed by atoms with Crippen molar-refractivity contribution in [2.45, 2.75) is 12.2 Å². The monoisotopic (exact) mass is 501 g/mol. The second kappa shape index (κ2) is 13.7. The summed E-state index contributed by atoms with van der Waals surface area (Å²) in [6.45, 7) is 7.48. The Bertz CT molecular complexity index is 927. The Hall–Kier alpha value is -2.56. The third-order valence-electron chi connectivity index (χ3n) is 6.47. The molecule has 1 amide bonds. The number of nitrogens with zero attached hydrogens (tertiary/aromatic N) is 3. The molecule has 1 N–H and O–H groups in total. The average molecular weight is 502 g/mol. The van der Waals surface area contributed by atoms with Crippen molar-refractivity contribution in [1.82, 2.24) is 14.7 Å². The van der Waals surface area contributed by atoms with Gasteiger partial charge in [0.05, 0.1) is 25.9 Å². The minimum atomic E-state index is -0.697. The fourth-order valence-corrected chi connectivity index (χ4v) is 4.50. The molecule has 0 bridgehead atoms. The van der Waals surface area contributed by atoms with E-state index in [9.17, 15) is 14.3 Å². The first-order chi connectivity index (χ1) is 17.6. The number of rotatable bonds is 11. The molecular formula is C27H36FN3O5. The average Bonchev–Trinajstić information content (AvgIpc) is 2.91. The van der Waals surface area contributed by atoms with E-state index in [0.29, 0.717) is 50.6 Å². The summed E-state index contributed by atoms with van der Waals surface area (Å²) >= 11 is 0. The summed E-state index contributed by atoms with van der Waals surface area (Å²) in [7, 11) is 0. The zero-order chi connectivity index (χ0) is 25.2. The highest BCUT2D eigenvalue weighted by Crippen LogP contribution is 2.14. The fraction of sp³-hybridized carbons (Fsp3) is 0.519. The van der Waals surface area contributed by atoms with Gasteiger partial charge in [-0.1, -0.05) is 18.2 Å². The zero-order valence-electron chi connectivity index (χ0n) is 20.6. The SMILES string of the molecule is O=C(c1ccccc1)N(CCN1CCOCC1)C[C@H]1CN(C[C@H](O)COc2ccc(F)cc2)CCO1. The highest BCUT2D eigenvalue weighted by Gasteiger charge is 2.27. The number of aliphatic hydroxyl groups is 1. The standard InChI is InChI=1S/C27H36FN3O5/c28-23-6-8-25(9-7-23)36-21-24(32)18-30-14-17-35-26(19-30)20-31(11-10-29-12-15-34-16-13-29)27(33)22-4-2-1-3-5-22/h1-9,24,26,32H,10-21H2/t24-,26+/m0/s1. The second-order valence-corrected chi connectivity index (χ2v) is 9.24. The summed E-state index contributed by atoms with van der Waals surface area (Å²) in [5.74, 6) is 0.190. The van der Waals surface area contributed by atoms with Crippen molar-refractivity contribution in [3.8, 4) is 5.75 Å². The van der Waals surface area contributed by atoms with E-state index in [1.165, 1.54) is 12.1 Å². The van der Waals surface area contributed by atoms with E-state index in [0.717, 1.165) is 32.8 Å². The van der Waals surface area contributed by atoms with Gasteiger partial charge in [-0.15, -0.1) is 0 Å². The maximum Gasteiger partial charge on any atom is 0.253 e. The van der Waals surface area contributed by atoms with Gasteiger partial charge in [0.25, 0.3) is 5.91 Å². The van der Waals surface area contributed by atoms with Crippen LogP contribution in [0.4, 0.5) is 4.39 Å². The van der Waals surface area contributed by atoms with Gasteiger partial charge in [0.1, 0.15) is 24.3 Å². The number of β-amino-alcohol motifs (C(OH)–C–C–N with tert-alkyl or cyclic N) is 1. The highest BCUT2D eigenvalue weighted by molar-refractivity contribution is 5.94. The van der Waals surface area contributed by atoms with E-state index >= 15 is 0 Å². The lowest BCUT2D eigenvalue weighted by Gasteiger charge is -2.37. The molecule has 2 atom stereocenters. The Labute approximate surface area is 212 Å². The van der Waals surface area contributed by atoms with Crippen molar-refractivity contribution >= 4 is 5.91 Å². The lowest BCUT2D eigenvalue weighted by Crippen LogP contribution is -2.52. The van der Waals surface area contributed by atoms with Gasteiger partial charge in [-0.25, -0.2) is 4.39 Å². The molecule has 2 aliphatic heterocycles. The smallest absolute Gasteiger partial charge is 0.253 e. The number of ether oxygens (including phenoxy) is 3. The molecule has 4 rings (SSSR count). The number of carbonyl (C=O) groups excluding carboxylic acids is 1. The minimum absolute atomic E-state index is 0.00249. The number of amides is 1. The maximum absolute atomic E-state index is 13.3. The van der Waals surface area contributed by atoms with Gasteiger partial charge in [0, 0.05) is 57.9 Å². The first-order valence-corrected chi connectivity index (χ1v) is 12.6. The summed E-state index contributed by atoms with van der Waals surface area (Å²) in [4.78, 5) is 19.7. The van der Waals surface area contributed by atoms with Gasteiger partial charge in [-0.3, -0.25) is 14.6 Å². The van der Waals surface area contributed by atoms with Crippen molar-refractivity contribution in [2.75, 3.05) is 78.8 Å². The Morgan fingerprint density at radius 3 is 2.53 bits per heavy atom. The predicted octanol–water partition coefficient (Wildman–Crippen LogP) is 1.74. The van der Waals surface area contributed by atoms with Gasteiger partial charge in [0.2, 0.25) is 0 Å². The van der Waals surface area contributed by atoms with E-state index < -0.39 is 6.10 Å². The molecule has 2 fully saturated rings. The van der Waals surface area contributed by atoms with Crippen LogP contribution in [0.25, 0.3) is 0 Å². The third kappa shape index (κ3) is 8.25. The van der Waals surface area contributed by atoms with Crippen LogP contribution in [0.1, 0.15) is 10.4 Å². The van der Waals surface area contributed by atoms with Crippen LogP contribution in [0.5, 0.6) is 5.75 Å². The fourth-order valence-electron chi connectivity index (χ4n) is 4.50. The van der Waals surface area contributed by atoms with Crippen molar-refractivity contribution in [2.24, 2.45) is 0 Å². The molecule has 0 aromatic heterocycles. The van der Waals surface area contributed by atoms with Crippen LogP contribution in [0.2, 0.25) is 0 Å². The molecule has 0 saturated carbocycles. The van der Waals surface area contributed by atoms with Crippen LogP contribution in [0.15, 0.2) is 54.6 Å². The van der Waals surface area contributed by atoms with Gasteiger partial charge >= 0.3 is 0 Å². The molecule has 2 aliphatic rings. The molecule has 2 aromatic rings. The Morgan fingerprint density at radius 1 is 1.06 bits per heavy atom. The molecule has 2 saturated heterocycles. The Balaban J connectivity index is 1.30. The quantitative estimate of drug-likeness (QED) is 0.503. The lowest BCUT2D eigenvalue weighted by atomic mass is 10.1. The minimum Gasteiger partial charge on any atom is -0.491 e. The van der Waals surface area contributed by atoms with Crippen molar-refractivity contribution in [3.05, 3.63) is 66.0 Å². The number of hydrogen-bond donors (Lipinski definition) is 1. The molecule has 0 unspecified atom stereocenters. The number of morpholine rings is 2. The van der Waals surface area contributed by atoms with Crippen LogP contribution < -0.4 is 4.74 Å². The molecule has 8 nitrogen and oxygen atoms in total. The van der Waals surface area contributed by atoms with Crippen LogP contribution in [-0.2, 0) is 9.47 Å². The first-order valence-electron chi connectivity index (χ1n) is 12.6. The summed E-state index contributed by atoms with van der Waals surface area (Å²) in [5, 5.41) is 10.5. The number of aliphatic hydroxyl groups excluding tert-OH is 1. The van der Waals surface area contributed by atoms with Crippen LogP contribution in [0.3, 0.4) is 0 Å². The maximum atomic E-state index is 13.3. The van der Waals surface area contributed by atoms with Gasteiger partial charge in [-0.2, -0.15) is 0 Å².